The third-order valence-corrected chi connectivity index (χ3v) is 9.92. The summed E-state index contributed by atoms with van der Waals surface area (Å²) in [5.74, 6) is -0.0632. The van der Waals surface area contributed by atoms with Crippen molar-refractivity contribution in [3.05, 3.63) is 70.7 Å². The number of hydrogen-bond donors (Lipinski definition) is 3. The molecule has 2 aromatic carbocycles. The van der Waals surface area contributed by atoms with Crippen molar-refractivity contribution in [1.29, 1.82) is 0 Å². The van der Waals surface area contributed by atoms with Crippen LogP contribution in [0.2, 0.25) is 0 Å². The van der Waals surface area contributed by atoms with Gasteiger partial charge in [-0.3, -0.25) is 10.3 Å². The summed E-state index contributed by atoms with van der Waals surface area (Å²) >= 11 is 2.47. The second-order valence-electron chi connectivity index (χ2n) is 11.0. The van der Waals surface area contributed by atoms with Crippen LogP contribution in [0.5, 0.6) is 0 Å². The second kappa shape index (κ2) is 15.6. The number of alkyl carbamates (subject to hydrolysis) is 1. The monoisotopic (exact) mass is 675 g/mol. The van der Waals surface area contributed by atoms with Gasteiger partial charge in [0.25, 0.3) is 0 Å². The van der Waals surface area contributed by atoms with E-state index in [0.717, 1.165) is 21.8 Å². The van der Waals surface area contributed by atoms with Gasteiger partial charge < -0.3 is 19.9 Å². The first kappa shape index (κ1) is 34.2. The van der Waals surface area contributed by atoms with Crippen LogP contribution >= 0.6 is 22.7 Å². The van der Waals surface area contributed by atoms with Crippen LogP contribution in [0.15, 0.2) is 65.1 Å². The van der Waals surface area contributed by atoms with Gasteiger partial charge in [0.15, 0.2) is 5.13 Å². The molecule has 2 atom stereocenters. The summed E-state index contributed by atoms with van der Waals surface area (Å²) in [6, 6.07) is 12.9. The number of carbonyl (C=O) groups is 2. The number of aromatic nitrogens is 2. The number of sulfonamides is 1. The second-order valence-corrected chi connectivity index (χ2v) is 14.9. The molecule has 0 aliphatic heterocycles. The summed E-state index contributed by atoms with van der Waals surface area (Å²) in [6.45, 7) is 7.09. The van der Waals surface area contributed by atoms with Crippen LogP contribution in [0.25, 0.3) is 10.2 Å². The molecule has 0 radical (unpaired) electrons. The summed E-state index contributed by atoms with van der Waals surface area (Å²) in [5.41, 5.74) is 2.99. The van der Waals surface area contributed by atoms with Gasteiger partial charge in [0.1, 0.15) is 6.61 Å². The standard InChI is InChI=1S/C30H37N5O7S3/c1-19(2)15-35(45(39,40)23-10-11-24-27(13-23)44-28(32-24)34-30(38)42-20(3)4)16-26(36)25(12-21-8-6-5-7-9-21)33-29(37)41-17-22-14-31-18-43-22/h5-11,13-14,18-20,25-26,36H,12,15-17H2,1-4H3,(H,33,37)(H,32,34,38)/t25-,26+/m0/s1. The molecule has 45 heavy (non-hydrogen) atoms. The SMILES string of the molecule is CC(C)CN(C[C@@H](O)[C@H](Cc1ccccc1)NC(=O)OCc1cncs1)S(=O)(=O)c1ccc2nc(NC(=O)OC(C)C)sc2c1. The van der Waals surface area contributed by atoms with Gasteiger partial charge in [-0.15, -0.1) is 11.3 Å². The van der Waals surface area contributed by atoms with Gasteiger partial charge in [-0.2, -0.15) is 4.31 Å². The fourth-order valence-corrected chi connectivity index (χ4v) is 7.53. The van der Waals surface area contributed by atoms with E-state index in [-0.39, 0.29) is 48.2 Å². The largest absolute Gasteiger partial charge is 0.447 e. The summed E-state index contributed by atoms with van der Waals surface area (Å²) in [6.07, 6.45) is -1.13. The Kier molecular flexibility index (Phi) is 11.9. The quantitative estimate of drug-likeness (QED) is 0.162. The van der Waals surface area contributed by atoms with Crippen LogP contribution in [-0.2, 0) is 32.5 Å². The molecule has 4 rings (SSSR count). The van der Waals surface area contributed by atoms with Crippen molar-refractivity contribution in [2.24, 2.45) is 5.92 Å². The number of ether oxygens (including phenoxy) is 2. The first-order valence-electron chi connectivity index (χ1n) is 14.3. The zero-order valence-electron chi connectivity index (χ0n) is 25.4. The van der Waals surface area contributed by atoms with Crippen LogP contribution in [-0.4, -0.2) is 71.3 Å². The Morgan fingerprint density at radius 3 is 2.47 bits per heavy atom. The lowest BCUT2D eigenvalue weighted by atomic mass is 10.0. The molecule has 0 aliphatic rings. The average Bonchev–Trinajstić information content (AvgIpc) is 3.64. The third-order valence-electron chi connectivity index (χ3n) is 6.40. The van der Waals surface area contributed by atoms with Crippen molar-refractivity contribution in [3.8, 4) is 0 Å². The maximum atomic E-state index is 14.0. The number of aliphatic hydroxyl groups excluding tert-OH is 1. The van der Waals surface area contributed by atoms with Crippen molar-refractivity contribution in [1.82, 2.24) is 19.6 Å². The zero-order valence-corrected chi connectivity index (χ0v) is 27.8. The van der Waals surface area contributed by atoms with Crippen molar-refractivity contribution in [2.45, 2.75) is 63.9 Å². The molecule has 2 amide bonds. The Morgan fingerprint density at radius 2 is 1.80 bits per heavy atom. The van der Waals surface area contributed by atoms with E-state index in [2.05, 4.69) is 20.6 Å². The first-order valence-corrected chi connectivity index (χ1v) is 17.5. The number of rotatable bonds is 14. The molecule has 0 fully saturated rings. The van der Waals surface area contributed by atoms with Gasteiger partial charge in [0, 0.05) is 19.3 Å². The van der Waals surface area contributed by atoms with Crippen molar-refractivity contribution in [3.63, 3.8) is 0 Å². The summed E-state index contributed by atoms with van der Waals surface area (Å²) in [4.78, 5) is 33.8. The molecule has 0 saturated carbocycles. The smallest absolute Gasteiger partial charge is 0.413 e. The molecule has 0 bridgehead atoms. The molecule has 15 heteroatoms. The molecule has 0 saturated heterocycles. The number of aliphatic hydroxyl groups is 1. The number of benzene rings is 2. The van der Waals surface area contributed by atoms with Gasteiger partial charge in [0.2, 0.25) is 10.0 Å². The number of carbonyl (C=O) groups excluding carboxylic acids is 2. The van der Waals surface area contributed by atoms with Crippen molar-refractivity contribution >= 4 is 60.2 Å². The highest BCUT2D eigenvalue weighted by molar-refractivity contribution is 7.89. The predicted octanol–water partition coefficient (Wildman–Crippen LogP) is 5.26. The lowest BCUT2D eigenvalue weighted by molar-refractivity contribution is 0.0876. The minimum atomic E-state index is -4.10. The van der Waals surface area contributed by atoms with E-state index in [1.807, 2.05) is 44.2 Å². The molecule has 0 aliphatic carbocycles. The van der Waals surface area contributed by atoms with E-state index in [4.69, 9.17) is 9.47 Å². The topological polar surface area (TPSA) is 160 Å². The van der Waals surface area contributed by atoms with E-state index in [1.165, 1.54) is 27.8 Å². The molecule has 3 N–H and O–H groups in total. The number of thiazole rings is 2. The molecule has 12 nitrogen and oxygen atoms in total. The van der Waals surface area contributed by atoms with E-state index < -0.39 is 34.4 Å². The minimum Gasteiger partial charge on any atom is -0.447 e. The van der Waals surface area contributed by atoms with E-state index in [0.29, 0.717) is 10.2 Å². The van der Waals surface area contributed by atoms with Gasteiger partial charge >= 0.3 is 12.2 Å². The Labute approximate surface area is 270 Å². The summed E-state index contributed by atoms with van der Waals surface area (Å²) < 4.78 is 40.2. The predicted molar refractivity (Wildman–Crippen MR) is 174 cm³/mol. The summed E-state index contributed by atoms with van der Waals surface area (Å²) in [5, 5.41) is 17.0. The number of nitrogens with zero attached hydrogens (tertiary/aromatic N) is 3. The lowest BCUT2D eigenvalue weighted by Crippen LogP contribution is -2.51. The average molecular weight is 676 g/mol. The van der Waals surface area contributed by atoms with E-state index >= 15 is 0 Å². The fraction of sp³-hybridized carbons (Fsp3) is 0.400. The van der Waals surface area contributed by atoms with Crippen molar-refractivity contribution < 1.29 is 32.6 Å². The highest BCUT2D eigenvalue weighted by Gasteiger charge is 2.32. The van der Waals surface area contributed by atoms with Crippen molar-refractivity contribution in [2.75, 3.05) is 18.4 Å². The van der Waals surface area contributed by atoms with Crippen LogP contribution in [0, 0.1) is 5.92 Å². The molecular formula is C30H37N5O7S3. The molecule has 4 aromatic rings. The van der Waals surface area contributed by atoms with Crippen LogP contribution < -0.4 is 10.6 Å². The Morgan fingerprint density at radius 1 is 1.04 bits per heavy atom. The van der Waals surface area contributed by atoms with Gasteiger partial charge in [-0.25, -0.2) is 23.0 Å². The minimum absolute atomic E-state index is 0.0133. The summed E-state index contributed by atoms with van der Waals surface area (Å²) in [7, 11) is -4.10. The van der Waals surface area contributed by atoms with Crippen LogP contribution in [0.4, 0.5) is 14.7 Å². The molecule has 0 unspecified atom stereocenters. The zero-order chi connectivity index (χ0) is 32.6. The Bertz CT molecular complexity index is 1660. The maximum Gasteiger partial charge on any atom is 0.413 e. The van der Waals surface area contributed by atoms with Gasteiger partial charge in [-0.1, -0.05) is 55.5 Å². The number of fused-ring (bicyclic) bond motifs is 1. The van der Waals surface area contributed by atoms with E-state index in [9.17, 15) is 23.1 Å². The highest BCUT2D eigenvalue weighted by atomic mass is 32.2. The molecule has 242 valence electrons. The molecule has 0 spiro atoms. The molecule has 2 aromatic heterocycles. The lowest BCUT2D eigenvalue weighted by Gasteiger charge is -2.30. The van der Waals surface area contributed by atoms with Gasteiger partial charge in [-0.05, 0) is 49.9 Å². The normalized spacial score (nSPS) is 13.2. The maximum absolute atomic E-state index is 14.0. The Hall–Kier alpha value is -3.63. The first-order chi connectivity index (χ1) is 21.4. The van der Waals surface area contributed by atoms with Crippen LogP contribution in [0.3, 0.4) is 0 Å². The number of hydrogen-bond acceptors (Lipinski definition) is 11. The fourth-order valence-electron chi connectivity index (χ4n) is 4.41. The number of amides is 2. The highest BCUT2D eigenvalue weighted by Crippen LogP contribution is 2.30. The van der Waals surface area contributed by atoms with E-state index in [1.54, 1.807) is 31.6 Å². The molecule has 2 heterocycles. The third kappa shape index (κ3) is 9.93. The molecular weight excluding hydrogens is 639 g/mol. The number of nitrogens with one attached hydrogen (secondary N) is 2. The Balaban J connectivity index is 1.54. The number of anilines is 1. The van der Waals surface area contributed by atoms with Gasteiger partial charge in [0.05, 0.1) is 43.7 Å². The van der Waals surface area contributed by atoms with Crippen LogP contribution in [0.1, 0.15) is 38.1 Å².